The summed E-state index contributed by atoms with van der Waals surface area (Å²) in [5.41, 5.74) is -0.769. The van der Waals surface area contributed by atoms with Crippen LogP contribution in [0.2, 0.25) is 0 Å². The lowest BCUT2D eigenvalue weighted by Gasteiger charge is -2.37. The maximum absolute atomic E-state index is 13.0. The van der Waals surface area contributed by atoms with Crippen molar-refractivity contribution in [3.8, 4) is 0 Å². The van der Waals surface area contributed by atoms with Gasteiger partial charge in [-0.15, -0.1) is 0 Å². The SMILES string of the molecule is CN1CCC(N(Cc2ccco2)C(=O)c2cccc(C(F)(F)F)c2)CC1. The van der Waals surface area contributed by atoms with Crippen LogP contribution in [0.15, 0.2) is 47.1 Å². The van der Waals surface area contributed by atoms with Gasteiger partial charge in [-0.1, -0.05) is 6.07 Å². The molecule has 7 heteroatoms. The first-order valence-electron chi connectivity index (χ1n) is 8.54. The Bertz CT molecular complexity index is 735. The van der Waals surface area contributed by atoms with Crippen molar-refractivity contribution in [2.24, 2.45) is 0 Å². The molecule has 1 fully saturated rings. The highest BCUT2D eigenvalue weighted by molar-refractivity contribution is 5.94. The van der Waals surface area contributed by atoms with Gasteiger partial charge in [-0.3, -0.25) is 4.79 Å². The molecule has 0 unspecified atom stereocenters. The van der Waals surface area contributed by atoms with Crippen molar-refractivity contribution in [2.45, 2.75) is 31.6 Å². The first-order chi connectivity index (χ1) is 12.3. The Hall–Kier alpha value is -2.28. The molecule has 1 saturated heterocycles. The Morgan fingerprint density at radius 3 is 2.58 bits per heavy atom. The normalized spacial score (nSPS) is 16.6. The number of hydrogen-bond acceptors (Lipinski definition) is 3. The number of nitrogens with zero attached hydrogens (tertiary/aromatic N) is 2. The number of piperidine rings is 1. The second kappa shape index (κ2) is 7.53. The topological polar surface area (TPSA) is 36.7 Å². The van der Waals surface area contributed by atoms with Crippen LogP contribution < -0.4 is 0 Å². The van der Waals surface area contributed by atoms with Crippen molar-refractivity contribution in [3.05, 3.63) is 59.5 Å². The zero-order chi connectivity index (χ0) is 18.7. The quantitative estimate of drug-likeness (QED) is 0.820. The number of carbonyl (C=O) groups excluding carboxylic acids is 1. The fourth-order valence-corrected chi connectivity index (χ4v) is 3.24. The van der Waals surface area contributed by atoms with Gasteiger partial charge in [0.2, 0.25) is 0 Å². The molecule has 0 spiro atoms. The number of furan rings is 1. The van der Waals surface area contributed by atoms with Gasteiger partial charge in [-0.2, -0.15) is 13.2 Å². The average Bonchev–Trinajstić information content (AvgIpc) is 3.13. The number of benzene rings is 1. The molecule has 0 bridgehead atoms. The molecule has 1 aliphatic heterocycles. The predicted molar refractivity (Wildman–Crippen MR) is 90.5 cm³/mol. The lowest BCUT2D eigenvalue weighted by atomic mass is 10.0. The van der Waals surface area contributed by atoms with Gasteiger partial charge in [0.1, 0.15) is 5.76 Å². The molecule has 1 aromatic carbocycles. The highest BCUT2D eigenvalue weighted by Gasteiger charge is 2.33. The molecule has 0 atom stereocenters. The molecule has 26 heavy (non-hydrogen) atoms. The maximum Gasteiger partial charge on any atom is 0.416 e. The Morgan fingerprint density at radius 2 is 1.96 bits per heavy atom. The van der Waals surface area contributed by atoms with Crippen molar-refractivity contribution in [2.75, 3.05) is 20.1 Å². The van der Waals surface area contributed by atoms with E-state index in [0.29, 0.717) is 5.76 Å². The lowest BCUT2D eigenvalue weighted by Crippen LogP contribution is -2.46. The molecule has 0 aliphatic carbocycles. The first-order valence-corrected chi connectivity index (χ1v) is 8.54. The van der Waals surface area contributed by atoms with Gasteiger partial charge in [0, 0.05) is 11.6 Å². The van der Waals surface area contributed by atoms with E-state index in [1.165, 1.54) is 18.4 Å². The third-order valence-electron chi connectivity index (χ3n) is 4.73. The summed E-state index contributed by atoms with van der Waals surface area (Å²) in [6, 6.07) is 8.07. The second-order valence-corrected chi connectivity index (χ2v) is 6.63. The van der Waals surface area contributed by atoms with Crippen LogP contribution in [0.5, 0.6) is 0 Å². The molecule has 1 aromatic heterocycles. The summed E-state index contributed by atoms with van der Waals surface area (Å²) >= 11 is 0. The zero-order valence-electron chi connectivity index (χ0n) is 14.5. The van der Waals surface area contributed by atoms with E-state index in [4.69, 9.17) is 4.42 Å². The Balaban J connectivity index is 1.87. The average molecular weight is 366 g/mol. The van der Waals surface area contributed by atoms with E-state index in [9.17, 15) is 18.0 Å². The highest BCUT2D eigenvalue weighted by Crippen LogP contribution is 2.30. The standard InChI is InChI=1S/C19H21F3N2O2/c1-23-9-7-16(8-10-23)24(13-17-6-3-11-26-17)18(25)14-4-2-5-15(12-14)19(20,21)22/h2-6,11-12,16H,7-10,13H2,1H3. The number of likely N-dealkylation sites (tertiary alicyclic amines) is 1. The van der Waals surface area contributed by atoms with Gasteiger partial charge in [0.05, 0.1) is 18.4 Å². The predicted octanol–water partition coefficient (Wildman–Crippen LogP) is 4.04. The van der Waals surface area contributed by atoms with Crippen molar-refractivity contribution in [1.82, 2.24) is 9.80 Å². The first kappa shape index (κ1) is 18.5. The molecule has 0 saturated carbocycles. The van der Waals surface area contributed by atoms with Crippen LogP contribution in [-0.4, -0.2) is 41.9 Å². The van der Waals surface area contributed by atoms with E-state index in [-0.39, 0.29) is 18.2 Å². The highest BCUT2D eigenvalue weighted by atomic mass is 19.4. The molecule has 4 nitrogen and oxygen atoms in total. The van der Waals surface area contributed by atoms with E-state index in [0.717, 1.165) is 38.1 Å². The second-order valence-electron chi connectivity index (χ2n) is 6.63. The molecule has 3 rings (SSSR count). The maximum atomic E-state index is 13.0. The van der Waals surface area contributed by atoms with Gasteiger partial charge in [0.15, 0.2) is 0 Å². The van der Waals surface area contributed by atoms with E-state index in [1.54, 1.807) is 17.0 Å². The monoisotopic (exact) mass is 366 g/mol. The van der Waals surface area contributed by atoms with E-state index < -0.39 is 17.6 Å². The van der Waals surface area contributed by atoms with Crippen LogP contribution >= 0.6 is 0 Å². The van der Waals surface area contributed by atoms with Gasteiger partial charge in [-0.05, 0) is 63.3 Å². The van der Waals surface area contributed by atoms with Crippen molar-refractivity contribution in [1.29, 1.82) is 0 Å². The molecule has 140 valence electrons. The van der Waals surface area contributed by atoms with Gasteiger partial charge >= 0.3 is 6.18 Å². The molecule has 0 N–H and O–H groups in total. The fourth-order valence-electron chi connectivity index (χ4n) is 3.24. The molecule has 2 heterocycles. The fraction of sp³-hybridized carbons (Fsp3) is 0.421. The van der Waals surface area contributed by atoms with Crippen LogP contribution in [-0.2, 0) is 12.7 Å². The third-order valence-corrected chi connectivity index (χ3v) is 4.73. The number of alkyl halides is 3. The number of hydrogen-bond donors (Lipinski definition) is 0. The Kier molecular flexibility index (Phi) is 5.36. The Labute approximate surface area is 150 Å². The summed E-state index contributed by atoms with van der Waals surface area (Å²) in [5.74, 6) is 0.214. The van der Waals surface area contributed by atoms with Crippen molar-refractivity contribution in [3.63, 3.8) is 0 Å². The summed E-state index contributed by atoms with van der Waals surface area (Å²) in [5, 5.41) is 0. The Morgan fingerprint density at radius 1 is 1.23 bits per heavy atom. The summed E-state index contributed by atoms with van der Waals surface area (Å²) in [6.45, 7) is 1.93. The number of halogens is 3. The minimum absolute atomic E-state index is 0.0293. The summed E-state index contributed by atoms with van der Waals surface area (Å²) in [4.78, 5) is 16.9. The van der Waals surface area contributed by atoms with Crippen molar-refractivity contribution >= 4 is 5.91 Å². The zero-order valence-corrected chi connectivity index (χ0v) is 14.5. The number of carbonyl (C=O) groups is 1. The lowest BCUT2D eigenvalue weighted by molar-refractivity contribution is -0.137. The van der Waals surface area contributed by atoms with E-state index in [2.05, 4.69) is 4.90 Å². The van der Waals surface area contributed by atoms with Gasteiger partial charge in [-0.25, -0.2) is 0 Å². The molecule has 1 amide bonds. The van der Waals surface area contributed by atoms with Crippen LogP contribution in [0, 0.1) is 0 Å². The minimum atomic E-state index is -4.48. The minimum Gasteiger partial charge on any atom is -0.467 e. The molecular weight excluding hydrogens is 345 g/mol. The molecule has 2 aromatic rings. The van der Waals surface area contributed by atoms with Crippen LogP contribution in [0.1, 0.15) is 34.5 Å². The summed E-state index contributed by atoms with van der Waals surface area (Å²) < 4.78 is 44.3. The largest absolute Gasteiger partial charge is 0.467 e. The van der Waals surface area contributed by atoms with Gasteiger partial charge in [0.25, 0.3) is 5.91 Å². The van der Waals surface area contributed by atoms with Crippen molar-refractivity contribution < 1.29 is 22.4 Å². The van der Waals surface area contributed by atoms with Crippen LogP contribution in [0.3, 0.4) is 0 Å². The molecule has 1 aliphatic rings. The van der Waals surface area contributed by atoms with E-state index >= 15 is 0 Å². The summed E-state index contributed by atoms with van der Waals surface area (Å²) in [6.07, 6.45) is -1.39. The number of amides is 1. The third kappa shape index (κ3) is 4.27. The number of rotatable bonds is 4. The summed E-state index contributed by atoms with van der Waals surface area (Å²) in [7, 11) is 2.02. The molecule has 0 radical (unpaired) electrons. The van der Waals surface area contributed by atoms with Gasteiger partial charge < -0.3 is 14.2 Å². The smallest absolute Gasteiger partial charge is 0.416 e. The van der Waals surface area contributed by atoms with Crippen LogP contribution in [0.25, 0.3) is 0 Å². The molecular formula is C19H21F3N2O2. The van der Waals surface area contributed by atoms with Crippen LogP contribution in [0.4, 0.5) is 13.2 Å². The van der Waals surface area contributed by atoms with E-state index in [1.807, 2.05) is 7.05 Å².